The molecular weight excluding hydrogens is 181 g/mol. The summed E-state index contributed by atoms with van der Waals surface area (Å²) in [4.78, 5) is 3.25. The normalized spacial score (nSPS) is 15.8. The van der Waals surface area contributed by atoms with Gasteiger partial charge in [0.1, 0.15) is 5.54 Å². The number of alkyl halides is 2. The predicted octanol–water partition coefficient (Wildman–Crippen LogP) is 1.66. The molecule has 0 aliphatic heterocycles. The molecule has 1 aromatic rings. The topological polar surface area (TPSA) is 38.9 Å². The van der Waals surface area contributed by atoms with Gasteiger partial charge in [-0.25, -0.2) is 13.8 Å². The lowest BCUT2D eigenvalue weighted by Gasteiger charge is -2.23. The van der Waals surface area contributed by atoms with Crippen molar-refractivity contribution in [2.24, 2.45) is 5.73 Å². The monoisotopic (exact) mass is 190 g/mol. The van der Waals surface area contributed by atoms with E-state index in [0.29, 0.717) is 0 Å². The average Bonchev–Trinajstić information content (AvgIpc) is 2.04. The summed E-state index contributed by atoms with van der Waals surface area (Å²) >= 11 is 0. The Labute approximate surface area is 73.6 Å². The van der Waals surface area contributed by atoms with Crippen LogP contribution in [0.2, 0.25) is 0 Å². The summed E-state index contributed by atoms with van der Waals surface area (Å²) in [6.07, 6.45) is -1.65. The summed E-state index contributed by atoms with van der Waals surface area (Å²) in [6, 6.07) is 2.57. The van der Waals surface area contributed by atoms with Gasteiger partial charge in [-0.15, -0.1) is 0 Å². The van der Waals surface area contributed by atoms with Gasteiger partial charge in [0.25, 0.3) is 6.43 Å². The second-order valence-electron chi connectivity index (χ2n) is 2.93. The fourth-order valence-electron chi connectivity index (χ4n) is 0.905. The van der Waals surface area contributed by atoms with E-state index < -0.39 is 17.9 Å². The molecule has 72 valence electrons. The first-order valence-electron chi connectivity index (χ1n) is 3.64. The molecule has 1 aromatic heterocycles. The van der Waals surface area contributed by atoms with Gasteiger partial charge in [-0.2, -0.15) is 4.39 Å². The van der Waals surface area contributed by atoms with Crippen LogP contribution in [0.1, 0.15) is 12.5 Å². The van der Waals surface area contributed by atoms with E-state index >= 15 is 0 Å². The van der Waals surface area contributed by atoms with E-state index in [-0.39, 0.29) is 5.56 Å². The molecule has 0 aromatic carbocycles. The first-order valence-corrected chi connectivity index (χ1v) is 3.64. The molecule has 0 aliphatic rings. The van der Waals surface area contributed by atoms with Crippen molar-refractivity contribution in [2.45, 2.75) is 18.9 Å². The first-order chi connectivity index (χ1) is 5.96. The smallest absolute Gasteiger partial charge is 0.260 e. The van der Waals surface area contributed by atoms with Crippen LogP contribution in [-0.2, 0) is 5.54 Å². The van der Waals surface area contributed by atoms with Crippen LogP contribution in [0.15, 0.2) is 18.3 Å². The zero-order valence-electron chi connectivity index (χ0n) is 6.97. The Hall–Kier alpha value is -1.10. The van der Waals surface area contributed by atoms with Crippen LogP contribution < -0.4 is 5.73 Å². The maximum Gasteiger partial charge on any atom is 0.260 e. The SMILES string of the molecule is CC(N)(c1cccnc1F)C(F)F. The number of aromatic nitrogens is 1. The molecule has 0 bridgehead atoms. The fraction of sp³-hybridized carbons (Fsp3) is 0.375. The lowest BCUT2D eigenvalue weighted by atomic mass is 9.95. The molecule has 0 fully saturated rings. The van der Waals surface area contributed by atoms with Crippen molar-refractivity contribution in [3.05, 3.63) is 29.8 Å². The third-order valence-electron chi connectivity index (χ3n) is 1.79. The second kappa shape index (κ2) is 3.33. The van der Waals surface area contributed by atoms with Crippen molar-refractivity contribution < 1.29 is 13.2 Å². The molecule has 5 heteroatoms. The summed E-state index contributed by atoms with van der Waals surface area (Å²) in [7, 11) is 0. The van der Waals surface area contributed by atoms with Gasteiger partial charge in [0.05, 0.1) is 0 Å². The van der Waals surface area contributed by atoms with E-state index in [1.54, 1.807) is 0 Å². The average molecular weight is 190 g/mol. The van der Waals surface area contributed by atoms with Gasteiger partial charge in [-0.05, 0) is 13.0 Å². The van der Waals surface area contributed by atoms with Crippen LogP contribution in [0.25, 0.3) is 0 Å². The summed E-state index contributed by atoms with van der Waals surface area (Å²) in [6.45, 7) is 1.07. The van der Waals surface area contributed by atoms with E-state index in [4.69, 9.17) is 5.73 Å². The summed E-state index contributed by atoms with van der Waals surface area (Å²) in [5, 5.41) is 0. The van der Waals surface area contributed by atoms with Crippen LogP contribution in [0.4, 0.5) is 13.2 Å². The molecule has 1 unspecified atom stereocenters. The van der Waals surface area contributed by atoms with Crippen molar-refractivity contribution in [2.75, 3.05) is 0 Å². The van der Waals surface area contributed by atoms with Crippen molar-refractivity contribution in [3.8, 4) is 0 Å². The third-order valence-corrected chi connectivity index (χ3v) is 1.79. The molecule has 0 aliphatic carbocycles. The van der Waals surface area contributed by atoms with Gasteiger partial charge in [0.15, 0.2) is 0 Å². The molecule has 0 amide bonds. The van der Waals surface area contributed by atoms with Gasteiger partial charge in [0, 0.05) is 11.8 Å². The Bertz CT molecular complexity index is 299. The number of halogens is 3. The van der Waals surface area contributed by atoms with Crippen molar-refractivity contribution in [1.29, 1.82) is 0 Å². The standard InChI is InChI=1S/C8H9F3N2/c1-8(12,7(10)11)5-3-2-4-13-6(5)9/h2-4,7H,12H2,1H3. The fourth-order valence-corrected chi connectivity index (χ4v) is 0.905. The highest BCUT2D eigenvalue weighted by Crippen LogP contribution is 2.25. The highest BCUT2D eigenvalue weighted by molar-refractivity contribution is 5.21. The predicted molar refractivity (Wildman–Crippen MR) is 41.7 cm³/mol. The lowest BCUT2D eigenvalue weighted by Crippen LogP contribution is -2.41. The second-order valence-corrected chi connectivity index (χ2v) is 2.93. The van der Waals surface area contributed by atoms with E-state index in [0.717, 1.165) is 6.92 Å². The first kappa shape index (κ1) is 9.98. The largest absolute Gasteiger partial charge is 0.317 e. The van der Waals surface area contributed by atoms with Gasteiger partial charge < -0.3 is 5.73 Å². The molecule has 13 heavy (non-hydrogen) atoms. The lowest BCUT2D eigenvalue weighted by molar-refractivity contribution is 0.0600. The molecule has 0 spiro atoms. The summed E-state index contributed by atoms with van der Waals surface area (Å²) in [5.74, 6) is -0.951. The Morgan fingerprint density at radius 2 is 2.15 bits per heavy atom. The Kier molecular flexibility index (Phi) is 2.56. The van der Waals surface area contributed by atoms with E-state index in [9.17, 15) is 13.2 Å². The van der Waals surface area contributed by atoms with E-state index in [1.165, 1.54) is 18.3 Å². The maximum atomic E-state index is 12.9. The van der Waals surface area contributed by atoms with Gasteiger partial charge in [0.2, 0.25) is 5.95 Å². The highest BCUT2D eigenvalue weighted by atomic mass is 19.3. The van der Waals surface area contributed by atoms with Gasteiger partial charge >= 0.3 is 0 Å². The molecule has 1 heterocycles. The Balaban J connectivity index is 3.14. The molecule has 0 saturated heterocycles. The van der Waals surface area contributed by atoms with Crippen LogP contribution >= 0.6 is 0 Å². The molecule has 0 saturated carbocycles. The van der Waals surface area contributed by atoms with Gasteiger partial charge in [-0.1, -0.05) is 6.07 Å². The minimum absolute atomic E-state index is 0.273. The minimum atomic E-state index is -2.83. The highest BCUT2D eigenvalue weighted by Gasteiger charge is 2.35. The number of rotatable bonds is 2. The van der Waals surface area contributed by atoms with Crippen LogP contribution in [0.3, 0.4) is 0 Å². The Morgan fingerprint density at radius 1 is 1.54 bits per heavy atom. The summed E-state index contributed by atoms with van der Waals surface area (Å²) < 4.78 is 37.6. The number of pyridine rings is 1. The molecule has 0 radical (unpaired) electrons. The van der Waals surface area contributed by atoms with Crippen molar-refractivity contribution >= 4 is 0 Å². The number of hydrogen-bond acceptors (Lipinski definition) is 2. The quantitative estimate of drug-likeness (QED) is 0.720. The number of hydrogen-bond donors (Lipinski definition) is 1. The molecular formula is C8H9F3N2. The summed E-state index contributed by atoms with van der Waals surface area (Å²) in [5.41, 5.74) is 2.99. The zero-order chi connectivity index (χ0) is 10.1. The van der Waals surface area contributed by atoms with Crippen molar-refractivity contribution in [1.82, 2.24) is 4.98 Å². The van der Waals surface area contributed by atoms with Crippen molar-refractivity contribution in [3.63, 3.8) is 0 Å². The van der Waals surface area contributed by atoms with Gasteiger partial charge in [-0.3, -0.25) is 0 Å². The van der Waals surface area contributed by atoms with Crippen LogP contribution in [-0.4, -0.2) is 11.4 Å². The number of nitrogens with two attached hydrogens (primary N) is 1. The molecule has 2 nitrogen and oxygen atoms in total. The molecule has 1 rings (SSSR count). The minimum Gasteiger partial charge on any atom is -0.317 e. The van der Waals surface area contributed by atoms with E-state index in [2.05, 4.69) is 4.98 Å². The maximum absolute atomic E-state index is 12.9. The molecule has 1 atom stereocenters. The zero-order valence-corrected chi connectivity index (χ0v) is 6.97. The molecule has 2 N–H and O–H groups in total. The van der Waals surface area contributed by atoms with E-state index in [1.807, 2.05) is 0 Å². The third kappa shape index (κ3) is 1.80. The van der Waals surface area contributed by atoms with Crippen LogP contribution in [0.5, 0.6) is 0 Å². The van der Waals surface area contributed by atoms with Crippen LogP contribution in [0, 0.1) is 5.95 Å². The number of nitrogens with zero attached hydrogens (tertiary/aromatic N) is 1. The Morgan fingerprint density at radius 3 is 2.62 bits per heavy atom.